The van der Waals surface area contributed by atoms with E-state index in [4.69, 9.17) is 0 Å². The van der Waals surface area contributed by atoms with Crippen molar-refractivity contribution in [2.75, 3.05) is 26.7 Å². The largest absolute Gasteiger partial charge is 0.481 e. The topological polar surface area (TPSA) is 90.5 Å². The quantitative estimate of drug-likeness (QED) is 0.529. The van der Waals surface area contributed by atoms with Crippen molar-refractivity contribution in [1.29, 1.82) is 0 Å². The molecule has 0 bridgehead atoms. The highest BCUT2D eigenvalue weighted by Crippen LogP contribution is 2.38. The summed E-state index contributed by atoms with van der Waals surface area (Å²) in [6.07, 6.45) is 3.97. The third-order valence-corrected chi connectivity index (χ3v) is 4.16. The van der Waals surface area contributed by atoms with Gasteiger partial charge in [-0.05, 0) is 51.6 Å². The zero-order valence-electron chi connectivity index (χ0n) is 12.5. The van der Waals surface area contributed by atoms with Crippen LogP contribution in [0, 0.1) is 11.3 Å². The van der Waals surface area contributed by atoms with Crippen molar-refractivity contribution >= 4 is 12.0 Å². The van der Waals surface area contributed by atoms with Crippen LogP contribution in [0.3, 0.4) is 0 Å². The maximum atomic E-state index is 11.6. The Hall–Kier alpha value is -1.30. The van der Waals surface area contributed by atoms with Crippen molar-refractivity contribution in [1.82, 2.24) is 16.0 Å². The summed E-state index contributed by atoms with van der Waals surface area (Å²) in [4.78, 5) is 23.2. The summed E-state index contributed by atoms with van der Waals surface area (Å²) in [6.45, 7) is 3.79. The first-order valence-electron chi connectivity index (χ1n) is 7.40. The molecule has 6 heteroatoms. The normalized spacial score (nSPS) is 26.0. The van der Waals surface area contributed by atoms with Crippen LogP contribution >= 0.6 is 0 Å². The second kappa shape index (κ2) is 8.09. The predicted molar refractivity (Wildman–Crippen MR) is 77.6 cm³/mol. The lowest BCUT2D eigenvalue weighted by Crippen LogP contribution is -2.48. The number of hydrogen-bond acceptors (Lipinski definition) is 3. The molecule has 1 fully saturated rings. The van der Waals surface area contributed by atoms with Crippen LogP contribution in [0.25, 0.3) is 0 Å². The summed E-state index contributed by atoms with van der Waals surface area (Å²) in [5.41, 5.74) is -0.783. The Morgan fingerprint density at radius 3 is 2.40 bits per heavy atom. The fourth-order valence-corrected chi connectivity index (χ4v) is 2.56. The average molecular weight is 285 g/mol. The Balaban J connectivity index is 2.36. The molecule has 0 spiro atoms. The molecule has 0 aromatic heterocycles. The second-order valence-corrected chi connectivity index (χ2v) is 5.83. The van der Waals surface area contributed by atoms with Gasteiger partial charge in [0.1, 0.15) is 0 Å². The van der Waals surface area contributed by atoms with Crippen LogP contribution in [0.1, 0.15) is 39.0 Å². The third-order valence-electron chi connectivity index (χ3n) is 4.16. The first-order valence-corrected chi connectivity index (χ1v) is 7.40. The van der Waals surface area contributed by atoms with Gasteiger partial charge in [-0.2, -0.15) is 0 Å². The summed E-state index contributed by atoms with van der Waals surface area (Å²) in [5, 5.41) is 17.9. The van der Waals surface area contributed by atoms with Gasteiger partial charge in [-0.3, -0.25) is 4.79 Å². The van der Waals surface area contributed by atoms with Crippen molar-refractivity contribution in [3.63, 3.8) is 0 Å². The summed E-state index contributed by atoms with van der Waals surface area (Å²) in [7, 11) is 1.86. The Morgan fingerprint density at radius 1 is 1.20 bits per heavy atom. The van der Waals surface area contributed by atoms with E-state index in [1.165, 1.54) is 0 Å². The molecule has 4 N–H and O–H groups in total. The molecule has 0 aliphatic heterocycles. The minimum atomic E-state index is -0.792. The molecule has 2 amide bonds. The molecular formula is C14H27N3O3. The van der Waals surface area contributed by atoms with E-state index in [2.05, 4.69) is 22.9 Å². The van der Waals surface area contributed by atoms with Gasteiger partial charge in [0, 0.05) is 13.1 Å². The number of rotatable bonds is 7. The Labute approximate surface area is 120 Å². The second-order valence-electron chi connectivity index (χ2n) is 5.83. The van der Waals surface area contributed by atoms with E-state index in [0.29, 0.717) is 25.3 Å². The number of amides is 2. The van der Waals surface area contributed by atoms with Gasteiger partial charge in [0.05, 0.1) is 5.41 Å². The first kappa shape index (κ1) is 16.8. The fraction of sp³-hybridized carbons (Fsp3) is 0.857. The molecule has 0 heterocycles. The smallest absolute Gasteiger partial charge is 0.314 e. The van der Waals surface area contributed by atoms with Gasteiger partial charge < -0.3 is 21.1 Å². The molecule has 0 saturated heterocycles. The third kappa shape index (κ3) is 5.00. The van der Waals surface area contributed by atoms with Crippen molar-refractivity contribution in [2.24, 2.45) is 11.3 Å². The first-order chi connectivity index (χ1) is 9.50. The lowest BCUT2D eigenvalue weighted by molar-refractivity contribution is -0.151. The summed E-state index contributed by atoms with van der Waals surface area (Å²) >= 11 is 0. The van der Waals surface area contributed by atoms with Crippen LogP contribution in [0.15, 0.2) is 0 Å². The monoisotopic (exact) mass is 285 g/mol. The Kier molecular flexibility index (Phi) is 6.78. The van der Waals surface area contributed by atoms with E-state index in [-0.39, 0.29) is 12.6 Å². The van der Waals surface area contributed by atoms with Crippen molar-refractivity contribution < 1.29 is 14.7 Å². The van der Waals surface area contributed by atoms with Gasteiger partial charge >= 0.3 is 12.0 Å². The van der Waals surface area contributed by atoms with Gasteiger partial charge in [-0.1, -0.05) is 6.92 Å². The van der Waals surface area contributed by atoms with Crippen molar-refractivity contribution in [3.8, 4) is 0 Å². The lowest BCUT2D eigenvalue weighted by atomic mass is 9.71. The molecule has 1 saturated carbocycles. The van der Waals surface area contributed by atoms with E-state index in [0.717, 1.165) is 25.8 Å². The molecule has 1 aliphatic carbocycles. The molecule has 0 aromatic rings. The molecule has 1 rings (SSSR count). The Bertz CT molecular complexity index is 326. The zero-order chi connectivity index (χ0) is 15.0. The SMILES string of the molecule is CNCCCNC(=O)NCC1(C(=O)O)CCC(C)CC1. The number of carboxylic acids is 1. The van der Waals surface area contributed by atoms with Crippen molar-refractivity contribution in [2.45, 2.75) is 39.0 Å². The molecule has 116 valence electrons. The van der Waals surface area contributed by atoms with Gasteiger partial charge in [-0.15, -0.1) is 0 Å². The molecule has 1 aliphatic rings. The summed E-state index contributed by atoms with van der Waals surface area (Å²) < 4.78 is 0. The number of carbonyl (C=O) groups excluding carboxylic acids is 1. The number of carbonyl (C=O) groups is 2. The molecule has 20 heavy (non-hydrogen) atoms. The van der Waals surface area contributed by atoms with Gasteiger partial charge in [-0.25, -0.2) is 4.79 Å². The molecule has 0 aromatic carbocycles. The minimum Gasteiger partial charge on any atom is -0.481 e. The van der Waals surface area contributed by atoms with Crippen LogP contribution in [0.2, 0.25) is 0 Å². The number of hydrogen-bond donors (Lipinski definition) is 4. The van der Waals surface area contributed by atoms with E-state index in [1.54, 1.807) is 0 Å². The number of carboxylic acid groups (broad SMARTS) is 1. The van der Waals surface area contributed by atoms with E-state index in [1.807, 2.05) is 7.05 Å². The fourth-order valence-electron chi connectivity index (χ4n) is 2.56. The van der Waals surface area contributed by atoms with Gasteiger partial charge in [0.15, 0.2) is 0 Å². The van der Waals surface area contributed by atoms with Crippen LogP contribution in [-0.4, -0.2) is 43.8 Å². The highest BCUT2D eigenvalue weighted by atomic mass is 16.4. The van der Waals surface area contributed by atoms with Gasteiger partial charge in [0.2, 0.25) is 0 Å². The highest BCUT2D eigenvalue weighted by molar-refractivity contribution is 5.78. The van der Waals surface area contributed by atoms with Crippen LogP contribution in [-0.2, 0) is 4.79 Å². The van der Waals surface area contributed by atoms with E-state index >= 15 is 0 Å². The molecular weight excluding hydrogens is 258 g/mol. The van der Waals surface area contributed by atoms with Crippen LogP contribution in [0.4, 0.5) is 4.79 Å². The standard InChI is InChI=1S/C14H27N3O3/c1-11-4-6-14(7-5-11,12(18)19)10-17-13(20)16-9-3-8-15-2/h11,15H,3-10H2,1-2H3,(H,18,19)(H2,16,17,20). The van der Waals surface area contributed by atoms with E-state index in [9.17, 15) is 14.7 Å². The minimum absolute atomic E-state index is 0.215. The number of urea groups is 1. The van der Waals surface area contributed by atoms with Crippen LogP contribution < -0.4 is 16.0 Å². The molecule has 0 atom stereocenters. The predicted octanol–water partition coefficient (Wildman–Crippen LogP) is 1.18. The molecule has 0 unspecified atom stereocenters. The average Bonchev–Trinajstić information content (AvgIpc) is 2.43. The number of nitrogens with one attached hydrogen (secondary N) is 3. The summed E-state index contributed by atoms with van der Waals surface area (Å²) in [6, 6.07) is -0.277. The van der Waals surface area contributed by atoms with Gasteiger partial charge in [0.25, 0.3) is 0 Å². The highest BCUT2D eigenvalue weighted by Gasteiger charge is 2.41. The summed E-state index contributed by atoms with van der Waals surface area (Å²) in [5.74, 6) is -0.210. The zero-order valence-corrected chi connectivity index (χ0v) is 12.5. The lowest BCUT2D eigenvalue weighted by Gasteiger charge is -2.35. The maximum Gasteiger partial charge on any atom is 0.314 e. The maximum absolute atomic E-state index is 11.6. The van der Waals surface area contributed by atoms with E-state index < -0.39 is 11.4 Å². The van der Waals surface area contributed by atoms with Crippen LogP contribution in [0.5, 0.6) is 0 Å². The Morgan fingerprint density at radius 2 is 1.85 bits per heavy atom. The molecule has 0 radical (unpaired) electrons. The van der Waals surface area contributed by atoms with Crippen molar-refractivity contribution in [3.05, 3.63) is 0 Å². The molecule has 6 nitrogen and oxygen atoms in total. The number of aliphatic carboxylic acids is 1.